The number of nitrogens with zero attached hydrogens (tertiary/aromatic N) is 3. The van der Waals surface area contributed by atoms with Crippen molar-refractivity contribution in [1.82, 2.24) is 14.5 Å². The van der Waals surface area contributed by atoms with E-state index in [1.807, 2.05) is 25.1 Å². The minimum absolute atomic E-state index is 0.0384. The number of likely N-dealkylation sites (tertiary alicyclic amines) is 1. The lowest BCUT2D eigenvalue weighted by Crippen LogP contribution is -2.40. The second-order valence-electron chi connectivity index (χ2n) is 13.1. The van der Waals surface area contributed by atoms with Crippen molar-refractivity contribution in [1.29, 1.82) is 0 Å². The molecule has 2 aliphatic rings. The van der Waals surface area contributed by atoms with Crippen molar-refractivity contribution in [2.45, 2.75) is 90.8 Å². The van der Waals surface area contributed by atoms with Crippen molar-refractivity contribution in [3.05, 3.63) is 101 Å². The Morgan fingerprint density at radius 3 is 2.74 bits per heavy atom. The molecule has 4 aromatic rings. The van der Waals surface area contributed by atoms with Crippen LogP contribution in [0.3, 0.4) is 0 Å². The molecule has 1 saturated heterocycles. The Kier molecular flexibility index (Phi) is 8.72. The van der Waals surface area contributed by atoms with Crippen LogP contribution in [0, 0.1) is 18.7 Å². The summed E-state index contributed by atoms with van der Waals surface area (Å²) in [6, 6.07) is 19.0. The third kappa shape index (κ3) is 6.15. The number of ether oxygens (including phenoxy) is 1. The molecular weight excluding hydrogens is 533 g/mol. The van der Waals surface area contributed by atoms with Gasteiger partial charge in [-0.1, -0.05) is 63.3 Å². The molecule has 0 N–H and O–H groups in total. The van der Waals surface area contributed by atoms with Gasteiger partial charge in [-0.05, 0) is 110 Å². The van der Waals surface area contributed by atoms with Crippen LogP contribution in [0.15, 0.2) is 61.2 Å². The van der Waals surface area contributed by atoms with Gasteiger partial charge in [-0.25, -0.2) is 9.37 Å². The predicted molar refractivity (Wildman–Crippen MR) is 175 cm³/mol. The first-order valence-corrected chi connectivity index (χ1v) is 16.2. The molecule has 43 heavy (non-hydrogen) atoms. The number of benzene rings is 3. The van der Waals surface area contributed by atoms with Crippen molar-refractivity contribution in [2.24, 2.45) is 5.92 Å². The summed E-state index contributed by atoms with van der Waals surface area (Å²) in [5, 5.41) is 0. The molecule has 0 saturated carbocycles. The maximum absolute atomic E-state index is 14.9. The molecule has 1 aromatic heterocycles. The van der Waals surface area contributed by atoms with Gasteiger partial charge < -0.3 is 9.30 Å². The fourth-order valence-electron chi connectivity index (χ4n) is 7.43. The molecule has 0 aliphatic carbocycles. The molecule has 2 aliphatic heterocycles. The van der Waals surface area contributed by atoms with E-state index < -0.39 is 0 Å². The quantitative estimate of drug-likeness (QED) is 0.198. The average molecular weight is 580 g/mol. The largest absolute Gasteiger partial charge is 0.493 e. The highest BCUT2D eigenvalue weighted by atomic mass is 19.1. The van der Waals surface area contributed by atoms with E-state index in [1.54, 1.807) is 6.07 Å². The van der Waals surface area contributed by atoms with Gasteiger partial charge in [0.1, 0.15) is 17.4 Å². The zero-order chi connectivity index (χ0) is 30.1. The molecule has 6 rings (SSSR count). The Bertz CT molecular complexity index is 1610. The van der Waals surface area contributed by atoms with E-state index in [0.717, 1.165) is 72.7 Å². The molecular formula is C38H46FN3O. The summed E-state index contributed by atoms with van der Waals surface area (Å²) in [6.07, 6.45) is 7.34. The van der Waals surface area contributed by atoms with Crippen molar-refractivity contribution in [3.8, 4) is 5.75 Å². The van der Waals surface area contributed by atoms with Crippen molar-refractivity contribution in [3.63, 3.8) is 0 Å². The number of halogens is 1. The monoisotopic (exact) mass is 579 g/mol. The Labute approximate surface area is 256 Å². The van der Waals surface area contributed by atoms with E-state index in [4.69, 9.17) is 9.72 Å². The normalized spacial score (nSPS) is 21.4. The fourth-order valence-corrected chi connectivity index (χ4v) is 7.43. The van der Waals surface area contributed by atoms with E-state index in [0.29, 0.717) is 24.5 Å². The van der Waals surface area contributed by atoms with E-state index >= 15 is 0 Å². The van der Waals surface area contributed by atoms with Gasteiger partial charge in [0.15, 0.2) is 0 Å². The van der Waals surface area contributed by atoms with Gasteiger partial charge in [-0.3, -0.25) is 4.90 Å². The molecule has 3 aromatic carbocycles. The summed E-state index contributed by atoms with van der Waals surface area (Å²) in [5.41, 5.74) is 7.81. The smallest absolute Gasteiger partial charge is 0.127 e. The molecule has 4 nitrogen and oxygen atoms in total. The standard InChI is InChI=1S/C38H46FN3O/c1-6-9-26(4)22-42-36-20-28(7-2)13-15-35(36)40-38(42)23-41-17-16-29(19-27(41)5)31-10-8-11-37-33(31)21-30(24-43-37)32-14-12-25(3)18-34(32)39/h7-8,10-15,18,20,26-27,29-30H,2,6,9,16-17,19,21-24H2,1,3-5H3. The van der Waals surface area contributed by atoms with Crippen molar-refractivity contribution in [2.75, 3.05) is 13.2 Å². The maximum Gasteiger partial charge on any atom is 0.127 e. The number of hydrogen-bond donors (Lipinski definition) is 0. The van der Waals surface area contributed by atoms with Gasteiger partial charge in [0, 0.05) is 18.5 Å². The van der Waals surface area contributed by atoms with Gasteiger partial charge in [0.2, 0.25) is 0 Å². The van der Waals surface area contributed by atoms with E-state index in [9.17, 15) is 4.39 Å². The van der Waals surface area contributed by atoms with Gasteiger partial charge in [0.25, 0.3) is 0 Å². The number of piperidine rings is 1. The Hall–Kier alpha value is -3.44. The van der Waals surface area contributed by atoms with Crippen LogP contribution in [0.4, 0.5) is 4.39 Å². The number of aryl methyl sites for hydroxylation is 1. The summed E-state index contributed by atoms with van der Waals surface area (Å²) in [6.45, 7) is 16.3. The molecule has 5 heteroatoms. The van der Waals surface area contributed by atoms with Crippen LogP contribution in [0.5, 0.6) is 5.75 Å². The number of hydrogen-bond acceptors (Lipinski definition) is 3. The van der Waals surface area contributed by atoms with E-state index in [-0.39, 0.29) is 11.7 Å². The highest BCUT2D eigenvalue weighted by Gasteiger charge is 2.32. The second-order valence-corrected chi connectivity index (χ2v) is 13.1. The van der Waals surface area contributed by atoms with Gasteiger partial charge in [-0.2, -0.15) is 0 Å². The topological polar surface area (TPSA) is 30.3 Å². The lowest BCUT2D eigenvalue weighted by molar-refractivity contribution is 0.133. The number of rotatable bonds is 9. The molecule has 4 atom stereocenters. The molecule has 0 amide bonds. The number of fused-ring (bicyclic) bond motifs is 2. The third-order valence-electron chi connectivity index (χ3n) is 9.82. The van der Waals surface area contributed by atoms with E-state index in [1.165, 1.54) is 29.5 Å². The number of imidazole rings is 1. The molecule has 0 radical (unpaired) electrons. The molecule has 0 spiro atoms. The Morgan fingerprint density at radius 1 is 1.12 bits per heavy atom. The molecule has 226 valence electrons. The molecule has 0 bridgehead atoms. The first-order valence-electron chi connectivity index (χ1n) is 16.2. The van der Waals surface area contributed by atoms with Gasteiger partial charge in [0.05, 0.1) is 24.2 Å². The summed E-state index contributed by atoms with van der Waals surface area (Å²) in [5.74, 6) is 3.12. The highest BCUT2D eigenvalue weighted by molar-refractivity contribution is 5.79. The van der Waals surface area contributed by atoms with Crippen molar-refractivity contribution < 1.29 is 9.13 Å². The minimum Gasteiger partial charge on any atom is -0.493 e. The zero-order valence-electron chi connectivity index (χ0n) is 26.3. The fraction of sp³-hybridized carbons (Fsp3) is 0.447. The van der Waals surface area contributed by atoms with Gasteiger partial charge >= 0.3 is 0 Å². The summed E-state index contributed by atoms with van der Waals surface area (Å²) in [4.78, 5) is 7.77. The van der Waals surface area contributed by atoms with Crippen molar-refractivity contribution >= 4 is 17.1 Å². The highest BCUT2D eigenvalue weighted by Crippen LogP contribution is 2.42. The zero-order valence-corrected chi connectivity index (χ0v) is 26.3. The van der Waals surface area contributed by atoms with Crippen LogP contribution in [-0.2, 0) is 19.5 Å². The van der Waals surface area contributed by atoms with Crippen LogP contribution in [0.25, 0.3) is 17.1 Å². The van der Waals surface area contributed by atoms with Gasteiger partial charge in [-0.15, -0.1) is 0 Å². The lowest BCUT2D eigenvalue weighted by atomic mass is 9.79. The molecule has 4 unspecified atom stereocenters. The molecule has 3 heterocycles. The molecule has 1 fully saturated rings. The first-order chi connectivity index (χ1) is 20.8. The summed E-state index contributed by atoms with van der Waals surface area (Å²) >= 11 is 0. The van der Waals surface area contributed by atoms with Crippen LogP contribution in [-0.4, -0.2) is 33.6 Å². The van der Waals surface area contributed by atoms with E-state index in [2.05, 4.69) is 73.2 Å². The van der Waals surface area contributed by atoms with Crippen LogP contribution >= 0.6 is 0 Å². The van der Waals surface area contributed by atoms with Crippen LogP contribution in [0.2, 0.25) is 0 Å². The SMILES string of the molecule is C=Cc1ccc2nc(CN3CCC(c4cccc5c4CC(c4ccc(C)cc4F)CO5)CC3C)n(CC(C)CCC)c2c1. The van der Waals surface area contributed by atoms with Crippen LogP contribution < -0.4 is 4.74 Å². The number of aromatic nitrogens is 2. The maximum atomic E-state index is 14.9. The predicted octanol–water partition coefficient (Wildman–Crippen LogP) is 9.05. The third-order valence-corrected chi connectivity index (χ3v) is 9.82. The second kappa shape index (κ2) is 12.7. The average Bonchev–Trinajstić information content (AvgIpc) is 3.33. The Morgan fingerprint density at radius 2 is 1.98 bits per heavy atom. The summed E-state index contributed by atoms with van der Waals surface area (Å²) < 4.78 is 23.6. The first kappa shape index (κ1) is 29.6. The summed E-state index contributed by atoms with van der Waals surface area (Å²) in [7, 11) is 0. The Balaban J connectivity index is 1.21. The van der Waals surface area contributed by atoms with Crippen LogP contribution in [0.1, 0.15) is 91.9 Å². The lowest BCUT2D eigenvalue weighted by Gasteiger charge is -2.39. The minimum atomic E-state index is -0.118.